The van der Waals surface area contributed by atoms with Crippen molar-refractivity contribution in [2.75, 3.05) is 11.4 Å². The first-order chi connectivity index (χ1) is 8.22. The van der Waals surface area contributed by atoms with Crippen LogP contribution >= 0.6 is 0 Å². The zero-order valence-electron chi connectivity index (χ0n) is 9.25. The van der Waals surface area contributed by atoms with Crippen LogP contribution in [-0.2, 0) is 4.79 Å². The second-order valence-corrected chi connectivity index (χ2v) is 3.06. The lowest BCUT2D eigenvalue weighted by atomic mass is 10.3. The van der Waals surface area contributed by atoms with Gasteiger partial charge in [0.15, 0.2) is 0 Å². The van der Waals surface area contributed by atoms with Crippen molar-refractivity contribution >= 4 is 23.8 Å². The smallest absolute Gasteiger partial charge is 0.327 e. The number of hydrogen-bond acceptors (Lipinski definition) is 4. The van der Waals surface area contributed by atoms with Gasteiger partial charge in [-0.1, -0.05) is 23.4 Å². The van der Waals surface area contributed by atoms with E-state index in [1.807, 2.05) is 6.07 Å². The molecule has 1 rings (SSSR count). The van der Waals surface area contributed by atoms with Crippen molar-refractivity contribution in [1.29, 1.82) is 0 Å². The van der Waals surface area contributed by atoms with Crippen LogP contribution in [0.1, 0.15) is 6.92 Å². The van der Waals surface area contributed by atoms with Crippen molar-refractivity contribution in [3.05, 3.63) is 30.3 Å². The summed E-state index contributed by atoms with van der Waals surface area (Å²) in [5.74, 6) is -0.551. The van der Waals surface area contributed by atoms with E-state index in [0.29, 0.717) is 12.2 Å². The Hall–Kier alpha value is -2.37. The highest BCUT2D eigenvalue weighted by Crippen LogP contribution is 2.12. The topological polar surface area (TPSA) is 82.0 Å². The van der Waals surface area contributed by atoms with Gasteiger partial charge in [-0.15, -0.1) is 0 Å². The molecule has 0 saturated carbocycles. The molecule has 6 heteroatoms. The number of oxime groups is 1. The molecule has 17 heavy (non-hydrogen) atoms. The number of benzene rings is 1. The van der Waals surface area contributed by atoms with E-state index in [1.54, 1.807) is 31.2 Å². The molecule has 0 heterocycles. The maximum atomic E-state index is 11.7. The predicted molar refractivity (Wildman–Crippen MR) is 62.9 cm³/mol. The molecule has 0 spiro atoms. The number of nitrogens with zero attached hydrogens (tertiary/aromatic N) is 2. The van der Waals surface area contributed by atoms with E-state index in [4.69, 9.17) is 5.21 Å². The Kier molecular flexibility index (Phi) is 4.68. The van der Waals surface area contributed by atoms with Crippen LogP contribution in [0.15, 0.2) is 35.5 Å². The van der Waals surface area contributed by atoms with Gasteiger partial charge in [0.25, 0.3) is 6.29 Å². The SMILES string of the molecule is CCN(C(=O)NC([C]=O)=NO)c1ccccc1. The molecule has 0 unspecified atom stereocenters. The highest BCUT2D eigenvalue weighted by Gasteiger charge is 2.15. The number of carbonyl (C=O) groups is 1. The molecular formula is C11H12N3O3. The summed E-state index contributed by atoms with van der Waals surface area (Å²) >= 11 is 0. The van der Waals surface area contributed by atoms with Crippen molar-refractivity contribution in [2.45, 2.75) is 6.92 Å². The Balaban J connectivity index is 2.82. The summed E-state index contributed by atoms with van der Waals surface area (Å²) in [6, 6.07) is 8.35. The minimum absolute atomic E-state index is 0.410. The molecule has 1 radical (unpaired) electrons. The first-order valence-corrected chi connectivity index (χ1v) is 4.96. The fourth-order valence-electron chi connectivity index (χ4n) is 1.29. The van der Waals surface area contributed by atoms with Crippen molar-refractivity contribution in [1.82, 2.24) is 5.32 Å². The van der Waals surface area contributed by atoms with E-state index >= 15 is 0 Å². The number of carbonyl (C=O) groups excluding carboxylic acids is 2. The molecule has 0 aliphatic rings. The summed E-state index contributed by atoms with van der Waals surface area (Å²) < 4.78 is 0. The van der Waals surface area contributed by atoms with Gasteiger partial charge in [-0.25, -0.2) is 4.79 Å². The number of anilines is 1. The molecule has 0 bridgehead atoms. The van der Waals surface area contributed by atoms with Crippen LogP contribution in [0, 0.1) is 0 Å². The maximum Gasteiger partial charge on any atom is 0.327 e. The van der Waals surface area contributed by atoms with Gasteiger partial charge in [-0.05, 0) is 19.1 Å². The quantitative estimate of drug-likeness (QED) is 0.356. The average molecular weight is 234 g/mol. The fourth-order valence-corrected chi connectivity index (χ4v) is 1.29. The van der Waals surface area contributed by atoms with Gasteiger partial charge in [0.05, 0.1) is 0 Å². The molecule has 6 nitrogen and oxygen atoms in total. The molecule has 1 aromatic rings. The molecular weight excluding hydrogens is 222 g/mol. The molecule has 0 fully saturated rings. The zero-order valence-corrected chi connectivity index (χ0v) is 9.25. The van der Waals surface area contributed by atoms with E-state index < -0.39 is 11.9 Å². The number of rotatable bonds is 3. The standard InChI is InChI=1S/C11H12N3O3/c1-2-14(9-6-4-3-5-7-9)11(16)12-10(8-15)13-17/h3-7,17H,2H2,1H3,(H,12,13,16). The second-order valence-electron chi connectivity index (χ2n) is 3.06. The minimum Gasteiger partial charge on any atom is -0.409 e. The molecule has 2 amide bonds. The van der Waals surface area contributed by atoms with E-state index in [2.05, 4.69) is 10.5 Å². The van der Waals surface area contributed by atoms with E-state index in [0.717, 1.165) is 0 Å². The third-order valence-corrected chi connectivity index (χ3v) is 2.05. The van der Waals surface area contributed by atoms with Crippen molar-refractivity contribution in [2.24, 2.45) is 5.16 Å². The number of hydrogen-bond donors (Lipinski definition) is 2. The fraction of sp³-hybridized carbons (Fsp3) is 0.182. The Morgan fingerprint density at radius 1 is 1.47 bits per heavy atom. The molecule has 0 aromatic heterocycles. The second kappa shape index (κ2) is 6.26. The van der Waals surface area contributed by atoms with E-state index in [1.165, 1.54) is 11.2 Å². The van der Waals surface area contributed by atoms with Crippen molar-refractivity contribution in [3.8, 4) is 0 Å². The number of amidine groups is 1. The summed E-state index contributed by atoms with van der Waals surface area (Å²) in [7, 11) is 0. The molecule has 0 saturated heterocycles. The zero-order chi connectivity index (χ0) is 12.7. The first-order valence-electron chi connectivity index (χ1n) is 4.96. The molecule has 0 atom stereocenters. The van der Waals surface area contributed by atoms with E-state index in [9.17, 15) is 9.59 Å². The summed E-state index contributed by atoms with van der Waals surface area (Å²) in [6.45, 7) is 2.19. The van der Waals surface area contributed by atoms with Gasteiger partial charge in [0.1, 0.15) is 0 Å². The van der Waals surface area contributed by atoms with Gasteiger partial charge >= 0.3 is 6.03 Å². The minimum atomic E-state index is -0.560. The molecule has 2 N–H and O–H groups in total. The number of nitrogens with one attached hydrogen (secondary N) is 1. The first kappa shape index (κ1) is 12.7. The van der Waals surface area contributed by atoms with Crippen LogP contribution in [0.25, 0.3) is 0 Å². The Bertz CT molecular complexity index is 417. The van der Waals surface area contributed by atoms with Gasteiger partial charge in [-0.2, -0.15) is 0 Å². The van der Waals surface area contributed by atoms with Gasteiger partial charge in [-0.3, -0.25) is 15.0 Å². The lowest BCUT2D eigenvalue weighted by Gasteiger charge is -2.20. The predicted octanol–water partition coefficient (Wildman–Crippen LogP) is 1.12. The summed E-state index contributed by atoms with van der Waals surface area (Å²) in [5.41, 5.74) is 0.677. The molecule has 89 valence electrons. The van der Waals surface area contributed by atoms with Crippen molar-refractivity contribution in [3.63, 3.8) is 0 Å². The lowest BCUT2D eigenvalue weighted by molar-refractivity contribution is 0.250. The third-order valence-electron chi connectivity index (χ3n) is 2.05. The third kappa shape index (κ3) is 3.30. The number of para-hydroxylation sites is 1. The Labute approximate surface area is 98.5 Å². The summed E-state index contributed by atoms with van der Waals surface area (Å²) in [6.07, 6.45) is 1.30. The van der Waals surface area contributed by atoms with Crippen LogP contribution in [-0.4, -0.2) is 29.9 Å². The Morgan fingerprint density at radius 2 is 2.12 bits per heavy atom. The van der Waals surface area contributed by atoms with Crippen LogP contribution in [0.4, 0.5) is 10.5 Å². The normalized spacial score (nSPS) is 10.8. The summed E-state index contributed by atoms with van der Waals surface area (Å²) in [5, 5.41) is 13.1. The van der Waals surface area contributed by atoms with E-state index in [-0.39, 0.29) is 0 Å². The largest absolute Gasteiger partial charge is 0.409 e. The molecule has 1 aromatic carbocycles. The van der Waals surface area contributed by atoms with Crippen molar-refractivity contribution < 1.29 is 14.8 Å². The highest BCUT2D eigenvalue weighted by atomic mass is 16.4. The van der Waals surface area contributed by atoms with Crippen LogP contribution < -0.4 is 10.2 Å². The molecule has 0 aliphatic heterocycles. The molecule has 0 aliphatic carbocycles. The number of urea groups is 1. The highest BCUT2D eigenvalue weighted by molar-refractivity contribution is 6.31. The van der Waals surface area contributed by atoms with Crippen LogP contribution in [0.3, 0.4) is 0 Å². The van der Waals surface area contributed by atoms with Gasteiger partial charge in [0.2, 0.25) is 5.84 Å². The number of amides is 2. The maximum absolute atomic E-state index is 11.7. The average Bonchev–Trinajstić information content (AvgIpc) is 2.38. The van der Waals surface area contributed by atoms with Crippen LogP contribution in [0.5, 0.6) is 0 Å². The lowest BCUT2D eigenvalue weighted by Crippen LogP contribution is -2.43. The summed E-state index contributed by atoms with van der Waals surface area (Å²) in [4.78, 5) is 23.4. The monoisotopic (exact) mass is 234 g/mol. The van der Waals surface area contributed by atoms with Gasteiger partial charge in [0, 0.05) is 12.2 Å². The van der Waals surface area contributed by atoms with Crippen LogP contribution in [0.2, 0.25) is 0 Å². The van der Waals surface area contributed by atoms with Gasteiger partial charge < -0.3 is 5.21 Å². The Morgan fingerprint density at radius 3 is 2.59 bits per heavy atom.